The SMILES string of the molecule is CC(C)c1ccccc1N1CCN(C(=O)c2cccc(Cl)c2)CC1. The highest BCUT2D eigenvalue weighted by Gasteiger charge is 2.23. The Morgan fingerprint density at radius 3 is 2.38 bits per heavy atom. The van der Waals surface area contributed by atoms with Gasteiger partial charge in [-0.3, -0.25) is 4.79 Å². The molecule has 0 N–H and O–H groups in total. The van der Waals surface area contributed by atoms with Crippen LogP contribution in [0.15, 0.2) is 48.5 Å². The number of anilines is 1. The van der Waals surface area contributed by atoms with Gasteiger partial charge < -0.3 is 9.80 Å². The second-order valence-corrected chi connectivity index (χ2v) is 6.94. The lowest BCUT2D eigenvalue weighted by Gasteiger charge is -2.37. The molecule has 1 aliphatic heterocycles. The number of rotatable bonds is 3. The van der Waals surface area contributed by atoms with Gasteiger partial charge in [-0.05, 0) is 35.7 Å². The van der Waals surface area contributed by atoms with Crippen LogP contribution in [0.2, 0.25) is 5.02 Å². The highest BCUT2D eigenvalue weighted by molar-refractivity contribution is 6.30. The Hall–Kier alpha value is -2.00. The highest BCUT2D eigenvalue weighted by Crippen LogP contribution is 2.28. The summed E-state index contributed by atoms with van der Waals surface area (Å²) in [4.78, 5) is 16.9. The molecule has 1 amide bonds. The summed E-state index contributed by atoms with van der Waals surface area (Å²) in [5.74, 6) is 0.557. The summed E-state index contributed by atoms with van der Waals surface area (Å²) in [6.07, 6.45) is 0. The van der Waals surface area contributed by atoms with E-state index in [1.165, 1.54) is 11.3 Å². The van der Waals surface area contributed by atoms with Gasteiger partial charge in [0.05, 0.1) is 0 Å². The summed E-state index contributed by atoms with van der Waals surface area (Å²) in [5.41, 5.74) is 3.33. The number of hydrogen-bond acceptors (Lipinski definition) is 2. The number of hydrogen-bond donors (Lipinski definition) is 0. The minimum atomic E-state index is 0.0642. The third kappa shape index (κ3) is 3.57. The lowest BCUT2D eigenvalue weighted by molar-refractivity contribution is 0.0746. The van der Waals surface area contributed by atoms with Gasteiger partial charge in [0.25, 0.3) is 5.91 Å². The number of nitrogens with zero attached hydrogens (tertiary/aromatic N) is 2. The third-order valence-electron chi connectivity index (χ3n) is 4.54. The van der Waals surface area contributed by atoms with Crippen LogP contribution in [0.1, 0.15) is 35.7 Å². The molecule has 4 heteroatoms. The van der Waals surface area contributed by atoms with Crippen LogP contribution in [0, 0.1) is 0 Å². The first-order valence-electron chi connectivity index (χ1n) is 8.45. The Bertz CT molecular complexity index is 721. The molecular weight excluding hydrogens is 320 g/mol. The van der Waals surface area contributed by atoms with E-state index in [1.54, 1.807) is 12.1 Å². The predicted octanol–water partition coefficient (Wildman–Crippen LogP) is 4.43. The largest absolute Gasteiger partial charge is 0.368 e. The van der Waals surface area contributed by atoms with Gasteiger partial charge in [-0.15, -0.1) is 0 Å². The maximum absolute atomic E-state index is 12.6. The van der Waals surface area contributed by atoms with Crippen LogP contribution in [0.5, 0.6) is 0 Å². The molecule has 126 valence electrons. The number of piperazine rings is 1. The van der Waals surface area contributed by atoms with Crippen LogP contribution in [-0.2, 0) is 0 Å². The predicted molar refractivity (Wildman–Crippen MR) is 100 cm³/mol. The van der Waals surface area contributed by atoms with Gasteiger partial charge >= 0.3 is 0 Å². The molecule has 2 aromatic carbocycles. The van der Waals surface area contributed by atoms with Gasteiger partial charge in [-0.25, -0.2) is 0 Å². The summed E-state index contributed by atoms with van der Waals surface area (Å²) in [7, 11) is 0. The van der Waals surface area contributed by atoms with Gasteiger partial charge in [0, 0.05) is 42.5 Å². The first kappa shape index (κ1) is 16.8. The maximum atomic E-state index is 12.6. The lowest BCUT2D eigenvalue weighted by Crippen LogP contribution is -2.49. The Kier molecular flexibility index (Phi) is 5.10. The summed E-state index contributed by atoms with van der Waals surface area (Å²) in [5, 5.41) is 0.602. The fourth-order valence-electron chi connectivity index (χ4n) is 3.22. The van der Waals surface area contributed by atoms with Crippen molar-refractivity contribution in [1.29, 1.82) is 0 Å². The quantitative estimate of drug-likeness (QED) is 0.824. The van der Waals surface area contributed by atoms with E-state index in [1.807, 2.05) is 17.0 Å². The first-order valence-corrected chi connectivity index (χ1v) is 8.83. The van der Waals surface area contributed by atoms with Crippen LogP contribution >= 0.6 is 11.6 Å². The maximum Gasteiger partial charge on any atom is 0.254 e. The standard InChI is InChI=1S/C20H23ClN2O/c1-15(2)18-8-3-4-9-19(18)22-10-12-23(13-11-22)20(24)16-6-5-7-17(21)14-16/h3-9,14-15H,10-13H2,1-2H3. The Balaban J connectivity index is 1.69. The fraction of sp³-hybridized carbons (Fsp3) is 0.350. The van der Waals surface area contributed by atoms with Gasteiger partial charge in [-0.1, -0.05) is 49.7 Å². The molecule has 1 saturated heterocycles. The van der Waals surface area contributed by atoms with Gasteiger partial charge in [0.2, 0.25) is 0 Å². The van der Waals surface area contributed by atoms with E-state index in [2.05, 4.69) is 43.0 Å². The van der Waals surface area contributed by atoms with Crippen molar-refractivity contribution in [3.63, 3.8) is 0 Å². The molecule has 1 aliphatic rings. The molecular formula is C20H23ClN2O. The molecule has 0 saturated carbocycles. The minimum Gasteiger partial charge on any atom is -0.368 e. The van der Waals surface area contributed by atoms with E-state index in [4.69, 9.17) is 11.6 Å². The first-order chi connectivity index (χ1) is 11.6. The Labute approximate surface area is 148 Å². The Morgan fingerprint density at radius 2 is 1.71 bits per heavy atom. The van der Waals surface area contributed by atoms with Crippen molar-refractivity contribution < 1.29 is 4.79 Å². The molecule has 2 aromatic rings. The second-order valence-electron chi connectivity index (χ2n) is 6.50. The molecule has 0 bridgehead atoms. The van der Waals surface area contributed by atoms with E-state index in [-0.39, 0.29) is 5.91 Å². The van der Waals surface area contributed by atoms with Crippen molar-refractivity contribution in [2.75, 3.05) is 31.1 Å². The summed E-state index contributed by atoms with van der Waals surface area (Å²) >= 11 is 6.00. The fourth-order valence-corrected chi connectivity index (χ4v) is 3.41. The number of para-hydroxylation sites is 1. The van der Waals surface area contributed by atoms with E-state index < -0.39 is 0 Å². The summed E-state index contributed by atoms with van der Waals surface area (Å²) < 4.78 is 0. The van der Waals surface area contributed by atoms with Crippen LogP contribution in [0.25, 0.3) is 0 Å². The molecule has 0 unspecified atom stereocenters. The van der Waals surface area contributed by atoms with Crippen LogP contribution in [0.3, 0.4) is 0 Å². The molecule has 0 spiro atoms. The zero-order chi connectivity index (χ0) is 17.1. The van der Waals surface area contributed by atoms with E-state index in [0.29, 0.717) is 16.5 Å². The summed E-state index contributed by atoms with van der Waals surface area (Å²) in [6, 6.07) is 15.7. The topological polar surface area (TPSA) is 23.6 Å². The molecule has 0 atom stereocenters. The number of benzene rings is 2. The van der Waals surface area contributed by atoms with Crippen LogP contribution in [0.4, 0.5) is 5.69 Å². The minimum absolute atomic E-state index is 0.0642. The van der Waals surface area contributed by atoms with E-state index >= 15 is 0 Å². The van der Waals surface area contributed by atoms with Crippen LogP contribution < -0.4 is 4.90 Å². The Morgan fingerprint density at radius 1 is 1.00 bits per heavy atom. The number of carbonyl (C=O) groups excluding carboxylic acids is 1. The molecule has 3 nitrogen and oxygen atoms in total. The number of amides is 1. The molecule has 1 heterocycles. The molecule has 24 heavy (non-hydrogen) atoms. The third-order valence-corrected chi connectivity index (χ3v) is 4.77. The van der Waals surface area contributed by atoms with Crippen molar-refractivity contribution in [1.82, 2.24) is 4.90 Å². The van der Waals surface area contributed by atoms with Gasteiger partial charge in [0.1, 0.15) is 0 Å². The number of carbonyl (C=O) groups is 1. The summed E-state index contributed by atoms with van der Waals surface area (Å²) in [6.45, 7) is 7.62. The van der Waals surface area contributed by atoms with Crippen molar-refractivity contribution in [3.8, 4) is 0 Å². The number of halogens is 1. The van der Waals surface area contributed by atoms with Crippen molar-refractivity contribution >= 4 is 23.2 Å². The monoisotopic (exact) mass is 342 g/mol. The zero-order valence-corrected chi connectivity index (χ0v) is 15.0. The van der Waals surface area contributed by atoms with E-state index in [9.17, 15) is 4.79 Å². The van der Waals surface area contributed by atoms with Crippen molar-refractivity contribution in [2.24, 2.45) is 0 Å². The normalized spacial score (nSPS) is 15.0. The molecule has 0 radical (unpaired) electrons. The molecule has 1 fully saturated rings. The zero-order valence-electron chi connectivity index (χ0n) is 14.2. The van der Waals surface area contributed by atoms with E-state index in [0.717, 1.165) is 26.2 Å². The second kappa shape index (κ2) is 7.27. The van der Waals surface area contributed by atoms with Crippen molar-refractivity contribution in [3.05, 3.63) is 64.7 Å². The van der Waals surface area contributed by atoms with Gasteiger partial charge in [-0.2, -0.15) is 0 Å². The molecule has 3 rings (SSSR count). The lowest BCUT2D eigenvalue weighted by atomic mass is 10.00. The molecule has 0 aromatic heterocycles. The van der Waals surface area contributed by atoms with Crippen molar-refractivity contribution in [2.45, 2.75) is 19.8 Å². The highest BCUT2D eigenvalue weighted by atomic mass is 35.5. The average molecular weight is 343 g/mol. The molecule has 0 aliphatic carbocycles. The van der Waals surface area contributed by atoms with Gasteiger partial charge in [0.15, 0.2) is 0 Å². The smallest absolute Gasteiger partial charge is 0.254 e. The average Bonchev–Trinajstić information content (AvgIpc) is 2.61. The van der Waals surface area contributed by atoms with Crippen LogP contribution in [-0.4, -0.2) is 37.0 Å².